The van der Waals surface area contributed by atoms with Gasteiger partial charge in [-0.05, 0) is 48.4 Å². The lowest BCUT2D eigenvalue weighted by atomic mass is 10.1. The van der Waals surface area contributed by atoms with Crippen LogP contribution in [-0.2, 0) is 0 Å². The fraction of sp³-hybridized carbons (Fsp3) is 0.235. The van der Waals surface area contributed by atoms with Crippen molar-refractivity contribution in [1.82, 2.24) is 0 Å². The van der Waals surface area contributed by atoms with Gasteiger partial charge in [0.25, 0.3) is 0 Å². The minimum Gasteiger partial charge on any atom is -0.497 e. The number of nitrogens with two attached hydrogens (primary N) is 1. The van der Waals surface area contributed by atoms with Gasteiger partial charge in [-0.15, -0.1) is 24.0 Å². The number of nitrogens with zero attached hydrogens (tertiary/aromatic N) is 1. The van der Waals surface area contributed by atoms with E-state index in [2.05, 4.69) is 50.5 Å². The highest BCUT2D eigenvalue weighted by atomic mass is 127. The zero-order chi connectivity index (χ0) is 15.5. The molecule has 4 nitrogen and oxygen atoms in total. The van der Waals surface area contributed by atoms with Crippen LogP contribution in [0.4, 0.5) is 5.69 Å². The monoisotopic (exact) mass is 487 g/mol. The van der Waals surface area contributed by atoms with E-state index in [1.165, 1.54) is 5.56 Å². The SMILES string of the molecule is COc1ccc(NC(N)=NC2CC2c2ccc(Br)cc2)cc1.I. The van der Waals surface area contributed by atoms with E-state index in [4.69, 9.17) is 10.5 Å². The van der Waals surface area contributed by atoms with Crippen LogP contribution in [0.15, 0.2) is 58.0 Å². The highest BCUT2D eigenvalue weighted by Crippen LogP contribution is 2.43. The standard InChI is InChI=1S/C17H18BrN3O.HI/c1-22-14-8-6-13(7-9-14)20-17(19)21-16-10-15(16)11-2-4-12(18)5-3-11;/h2-9,15-16H,10H2,1H3,(H3,19,20,21);1H. The number of ether oxygens (including phenoxy) is 1. The van der Waals surface area contributed by atoms with Crippen LogP contribution in [0.25, 0.3) is 0 Å². The molecular formula is C17H19BrIN3O. The van der Waals surface area contributed by atoms with Gasteiger partial charge in [0.1, 0.15) is 5.75 Å². The first-order valence-electron chi connectivity index (χ1n) is 7.15. The second-order valence-corrected chi connectivity index (χ2v) is 6.24. The zero-order valence-corrected chi connectivity index (χ0v) is 16.6. The second-order valence-electron chi connectivity index (χ2n) is 5.33. The quantitative estimate of drug-likeness (QED) is 0.382. The molecule has 1 aliphatic rings. The number of methoxy groups -OCH3 is 1. The molecule has 3 N–H and O–H groups in total. The highest BCUT2D eigenvalue weighted by Gasteiger charge is 2.38. The van der Waals surface area contributed by atoms with Gasteiger partial charge in [-0.1, -0.05) is 28.1 Å². The summed E-state index contributed by atoms with van der Waals surface area (Å²) in [6, 6.07) is 16.3. The van der Waals surface area contributed by atoms with E-state index in [1.54, 1.807) is 7.11 Å². The first-order chi connectivity index (χ1) is 10.7. The van der Waals surface area contributed by atoms with Crippen LogP contribution >= 0.6 is 39.9 Å². The molecule has 0 amide bonds. The Labute approximate surface area is 161 Å². The lowest BCUT2D eigenvalue weighted by Gasteiger charge is -2.06. The van der Waals surface area contributed by atoms with Crippen LogP contribution in [0, 0.1) is 0 Å². The largest absolute Gasteiger partial charge is 0.497 e. The van der Waals surface area contributed by atoms with Crippen molar-refractivity contribution in [1.29, 1.82) is 0 Å². The Morgan fingerprint density at radius 1 is 1.17 bits per heavy atom. The minimum atomic E-state index is 0. The third-order valence-electron chi connectivity index (χ3n) is 3.72. The number of halogens is 2. The lowest BCUT2D eigenvalue weighted by molar-refractivity contribution is 0.415. The number of rotatable bonds is 4. The summed E-state index contributed by atoms with van der Waals surface area (Å²) in [6.07, 6.45) is 1.05. The molecule has 2 aromatic rings. The fourth-order valence-electron chi connectivity index (χ4n) is 2.43. The first-order valence-corrected chi connectivity index (χ1v) is 7.95. The zero-order valence-electron chi connectivity index (χ0n) is 12.7. The van der Waals surface area contributed by atoms with Crippen LogP contribution in [0.1, 0.15) is 17.9 Å². The Hall–Kier alpha value is -1.28. The molecule has 0 radical (unpaired) electrons. The van der Waals surface area contributed by atoms with Crippen LogP contribution in [-0.4, -0.2) is 19.1 Å². The molecule has 6 heteroatoms. The number of hydrogen-bond acceptors (Lipinski definition) is 2. The molecule has 3 rings (SSSR count). The molecule has 122 valence electrons. The van der Waals surface area contributed by atoms with Gasteiger partial charge in [0.05, 0.1) is 13.2 Å². The van der Waals surface area contributed by atoms with Gasteiger partial charge in [-0.3, -0.25) is 0 Å². The van der Waals surface area contributed by atoms with Crippen molar-refractivity contribution in [2.75, 3.05) is 12.4 Å². The maximum absolute atomic E-state index is 5.98. The Morgan fingerprint density at radius 2 is 1.83 bits per heavy atom. The van der Waals surface area contributed by atoms with Crippen molar-refractivity contribution in [3.05, 3.63) is 58.6 Å². The summed E-state index contributed by atoms with van der Waals surface area (Å²) in [5.41, 5.74) is 8.20. The van der Waals surface area contributed by atoms with E-state index in [9.17, 15) is 0 Å². The van der Waals surface area contributed by atoms with Crippen molar-refractivity contribution in [2.24, 2.45) is 10.7 Å². The first kappa shape index (κ1) is 18.1. The molecule has 1 fully saturated rings. The average molecular weight is 488 g/mol. The van der Waals surface area contributed by atoms with Crippen molar-refractivity contribution in [3.8, 4) is 5.75 Å². The van der Waals surface area contributed by atoms with Gasteiger partial charge in [-0.2, -0.15) is 0 Å². The van der Waals surface area contributed by atoms with Gasteiger partial charge in [0.15, 0.2) is 5.96 Å². The van der Waals surface area contributed by atoms with Crippen LogP contribution in [0.5, 0.6) is 5.75 Å². The van der Waals surface area contributed by atoms with Crippen LogP contribution < -0.4 is 15.8 Å². The van der Waals surface area contributed by atoms with Crippen LogP contribution in [0.2, 0.25) is 0 Å². The Bertz CT molecular complexity index is 673. The molecular weight excluding hydrogens is 469 g/mol. The second kappa shape index (κ2) is 8.01. The van der Waals surface area contributed by atoms with Crippen molar-refractivity contribution >= 4 is 51.6 Å². The van der Waals surface area contributed by atoms with E-state index >= 15 is 0 Å². The molecule has 1 aliphatic carbocycles. The molecule has 0 spiro atoms. The van der Waals surface area contributed by atoms with E-state index in [0.717, 1.165) is 22.3 Å². The number of nitrogens with one attached hydrogen (secondary N) is 1. The molecule has 0 aromatic heterocycles. The van der Waals surface area contributed by atoms with Gasteiger partial charge >= 0.3 is 0 Å². The highest BCUT2D eigenvalue weighted by molar-refractivity contribution is 14.0. The fourth-order valence-corrected chi connectivity index (χ4v) is 2.69. The number of aliphatic imine (C=N–C) groups is 1. The third-order valence-corrected chi connectivity index (χ3v) is 4.25. The summed E-state index contributed by atoms with van der Waals surface area (Å²) in [5.74, 6) is 1.75. The van der Waals surface area contributed by atoms with Gasteiger partial charge in [-0.25, -0.2) is 4.99 Å². The van der Waals surface area contributed by atoms with E-state index in [-0.39, 0.29) is 30.0 Å². The van der Waals surface area contributed by atoms with Crippen LogP contribution in [0.3, 0.4) is 0 Å². The summed E-state index contributed by atoms with van der Waals surface area (Å²) < 4.78 is 6.22. The predicted molar refractivity (Wildman–Crippen MR) is 109 cm³/mol. The Balaban J connectivity index is 0.00000192. The average Bonchev–Trinajstić information content (AvgIpc) is 3.27. The predicted octanol–water partition coefficient (Wildman–Crippen LogP) is 4.36. The van der Waals surface area contributed by atoms with E-state index in [0.29, 0.717) is 11.9 Å². The van der Waals surface area contributed by atoms with Crippen molar-refractivity contribution < 1.29 is 4.74 Å². The lowest BCUT2D eigenvalue weighted by Crippen LogP contribution is -2.23. The number of hydrogen-bond donors (Lipinski definition) is 2. The topological polar surface area (TPSA) is 59.6 Å². The van der Waals surface area contributed by atoms with Gasteiger partial charge < -0.3 is 15.8 Å². The number of guanidine groups is 1. The third kappa shape index (κ3) is 4.84. The van der Waals surface area contributed by atoms with Crippen molar-refractivity contribution in [2.45, 2.75) is 18.4 Å². The molecule has 2 aromatic carbocycles. The van der Waals surface area contributed by atoms with Gasteiger partial charge in [0.2, 0.25) is 0 Å². The molecule has 23 heavy (non-hydrogen) atoms. The Morgan fingerprint density at radius 3 is 2.43 bits per heavy atom. The van der Waals surface area contributed by atoms with Crippen molar-refractivity contribution in [3.63, 3.8) is 0 Å². The molecule has 0 heterocycles. The molecule has 1 saturated carbocycles. The normalized spacial score (nSPS) is 19.7. The number of benzene rings is 2. The Kier molecular flexibility index (Phi) is 6.29. The molecule has 2 atom stereocenters. The number of anilines is 1. The minimum absolute atomic E-state index is 0. The smallest absolute Gasteiger partial charge is 0.193 e. The van der Waals surface area contributed by atoms with E-state index < -0.39 is 0 Å². The summed E-state index contributed by atoms with van der Waals surface area (Å²) in [6.45, 7) is 0. The summed E-state index contributed by atoms with van der Waals surface area (Å²) in [4.78, 5) is 4.55. The maximum Gasteiger partial charge on any atom is 0.193 e. The molecule has 2 unspecified atom stereocenters. The molecule has 0 bridgehead atoms. The van der Waals surface area contributed by atoms with E-state index in [1.807, 2.05) is 24.3 Å². The molecule has 0 saturated heterocycles. The maximum atomic E-state index is 5.98. The summed E-state index contributed by atoms with van der Waals surface area (Å²) in [7, 11) is 1.65. The summed E-state index contributed by atoms with van der Waals surface area (Å²) in [5, 5.41) is 3.11. The molecule has 0 aliphatic heterocycles. The van der Waals surface area contributed by atoms with Gasteiger partial charge in [0, 0.05) is 16.1 Å². The summed E-state index contributed by atoms with van der Waals surface area (Å²) >= 11 is 3.45.